The first-order chi connectivity index (χ1) is 7.85. The Balaban J connectivity index is 2.30. The first-order valence-electron chi connectivity index (χ1n) is 5.53. The first-order valence-corrected chi connectivity index (χ1v) is 5.53. The fourth-order valence-corrected chi connectivity index (χ4v) is 2.03. The van der Waals surface area contributed by atoms with Gasteiger partial charge in [-0.2, -0.15) is 0 Å². The summed E-state index contributed by atoms with van der Waals surface area (Å²) in [7, 11) is 0. The van der Waals surface area contributed by atoms with Crippen molar-refractivity contribution >= 4 is 6.08 Å². The minimum absolute atomic E-state index is 0.409. The van der Waals surface area contributed by atoms with Gasteiger partial charge in [0.05, 0.1) is 0 Å². The van der Waals surface area contributed by atoms with E-state index in [1.807, 2.05) is 31.2 Å². The quantitative estimate of drug-likeness (QED) is 0.664. The van der Waals surface area contributed by atoms with Crippen LogP contribution < -0.4 is 0 Å². The maximum atomic E-state index is 12.4. The van der Waals surface area contributed by atoms with Gasteiger partial charge in [0.15, 0.2) is 0 Å². The molecule has 0 spiro atoms. The summed E-state index contributed by atoms with van der Waals surface area (Å²) in [5.41, 5.74) is 4.79. The van der Waals surface area contributed by atoms with Crippen LogP contribution in [0.15, 0.2) is 53.6 Å². The summed E-state index contributed by atoms with van der Waals surface area (Å²) in [4.78, 5) is 0. The normalized spacial score (nSPS) is 15.4. The van der Waals surface area contributed by atoms with Crippen molar-refractivity contribution in [1.82, 2.24) is 0 Å². The third-order valence-corrected chi connectivity index (χ3v) is 2.78. The number of fused-ring (bicyclic) bond motifs is 1. The Labute approximate surface area is 95.8 Å². The van der Waals surface area contributed by atoms with E-state index in [0.29, 0.717) is 0 Å². The van der Waals surface area contributed by atoms with Crippen molar-refractivity contribution in [3.8, 4) is 0 Å². The van der Waals surface area contributed by atoms with Crippen LogP contribution in [-0.4, -0.2) is 6.67 Å². The van der Waals surface area contributed by atoms with E-state index in [1.165, 1.54) is 16.7 Å². The Hall–Kier alpha value is -1.63. The van der Waals surface area contributed by atoms with Gasteiger partial charge in [-0.1, -0.05) is 42.5 Å². The van der Waals surface area contributed by atoms with Crippen LogP contribution in [0, 0.1) is 0 Å². The summed E-state index contributed by atoms with van der Waals surface area (Å²) in [6.45, 7) is 1.54. The van der Waals surface area contributed by atoms with Crippen LogP contribution in [0.5, 0.6) is 0 Å². The number of alkyl halides is 1. The van der Waals surface area contributed by atoms with Gasteiger partial charge < -0.3 is 0 Å². The molecule has 0 atom stereocenters. The average molecular weight is 214 g/mol. The molecule has 1 aliphatic carbocycles. The third kappa shape index (κ3) is 2.13. The third-order valence-electron chi connectivity index (χ3n) is 2.78. The van der Waals surface area contributed by atoms with Crippen molar-refractivity contribution in [1.29, 1.82) is 0 Å². The first kappa shape index (κ1) is 10.9. The van der Waals surface area contributed by atoms with Crippen LogP contribution in [0.1, 0.15) is 18.1 Å². The van der Waals surface area contributed by atoms with Gasteiger partial charge in [-0.15, -0.1) is 0 Å². The summed E-state index contributed by atoms with van der Waals surface area (Å²) in [6.07, 6.45) is 8.61. The number of hydrogen-bond donors (Lipinski definition) is 0. The van der Waals surface area contributed by atoms with E-state index in [9.17, 15) is 4.39 Å². The highest BCUT2D eigenvalue weighted by Gasteiger charge is 2.13. The molecule has 0 unspecified atom stereocenters. The molecule has 0 saturated heterocycles. The van der Waals surface area contributed by atoms with E-state index in [2.05, 4.69) is 18.2 Å². The second-order valence-corrected chi connectivity index (χ2v) is 3.86. The zero-order valence-corrected chi connectivity index (χ0v) is 9.41. The molecule has 0 bridgehead atoms. The molecule has 0 aromatic heterocycles. The van der Waals surface area contributed by atoms with Gasteiger partial charge in [-0.05, 0) is 41.7 Å². The Morgan fingerprint density at radius 1 is 1.38 bits per heavy atom. The van der Waals surface area contributed by atoms with Crippen LogP contribution in [0.3, 0.4) is 0 Å². The van der Waals surface area contributed by atoms with Crippen molar-refractivity contribution < 1.29 is 4.39 Å². The summed E-state index contributed by atoms with van der Waals surface area (Å²) in [5, 5.41) is 0. The lowest BCUT2D eigenvalue weighted by Gasteiger charge is -2.02. The lowest BCUT2D eigenvalue weighted by atomic mass is 10.0. The highest BCUT2D eigenvalue weighted by atomic mass is 19.1. The Morgan fingerprint density at radius 3 is 2.88 bits per heavy atom. The molecule has 2 rings (SSSR count). The molecule has 0 nitrogen and oxygen atoms in total. The second-order valence-electron chi connectivity index (χ2n) is 3.86. The largest absolute Gasteiger partial charge is 0.247 e. The number of halogens is 1. The van der Waals surface area contributed by atoms with E-state index in [0.717, 1.165) is 12.0 Å². The molecule has 1 aromatic carbocycles. The molecule has 0 N–H and O–H groups in total. The lowest BCUT2D eigenvalue weighted by Crippen LogP contribution is -1.88. The molecular formula is C15H15F. The fraction of sp³-hybridized carbons (Fsp3) is 0.200. The number of allylic oxidation sites excluding steroid dienone is 5. The molecule has 0 amide bonds. The highest BCUT2D eigenvalue weighted by Crippen LogP contribution is 2.29. The number of benzene rings is 1. The molecule has 0 heterocycles. The van der Waals surface area contributed by atoms with Crippen LogP contribution in [0.25, 0.3) is 6.08 Å². The van der Waals surface area contributed by atoms with E-state index >= 15 is 0 Å². The topological polar surface area (TPSA) is 0 Å². The molecule has 0 radical (unpaired) electrons. The predicted octanol–water partition coefficient (Wildman–Crippen LogP) is 4.10. The molecule has 82 valence electrons. The minimum Gasteiger partial charge on any atom is -0.247 e. The standard InChI is InChI=1S/C15H15F/c1-2-5-12(8-9-16)15-10-13-6-3-4-7-14(13)11-15/h2-8,10H,9,11H2,1H3/b5-2-,12-8+. The van der Waals surface area contributed by atoms with E-state index in [4.69, 9.17) is 0 Å². The zero-order valence-electron chi connectivity index (χ0n) is 9.41. The molecule has 1 heteroatoms. The van der Waals surface area contributed by atoms with Crippen molar-refractivity contribution in [2.45, 2.75) is 13.3 Å². The van der Waals surface area contributed by atoms with Crippen LogP contribution >= 0.6 is 0 Å². The average Bonchev–Trinajstić information content (AvgIpc) is 2.72. The predicted molar refractivity (Wildman–Crippen MR) is 67.0 cm³/mol. The van der Waals surface area contributed by atoms with Gasteiger partial charge in [0, 0.05) is 0 Å². The van der Waals surface area contributed by atoms with Crippen LogP contribution in [0.4, 0.5) is 4.39 Å². The lowest BCUT2D eigenvalue weighted by molar-refractivity contribution is 0.560. The minimum atomic E-state index is -0.409. The van der Waals surface area contributed by atoms with Gasteiger partial charge in [0.1, 0.15) is 6.67 Å². The molecule has 0 aliphatic heterocycles. The van der Waals surface area contributed by atoms with E-state index in [1.54, 1.807) is 6.08 Å². The Morgan fingerprint density at radius 2 is 2.19 bits per heavy atom. The van der Waals surface area contributed by atoms with Gasteiger partial charge in [-0.3, -0.25) is 0 Å². The zero-order chi connectivity index (χ0) is 11.4. The SMILES string of the molecule is C/C=C\C(=C/CF)C1=Cc2ccccc2C1. The van der Waals surface area contributed by atoms with Crippen molar-refractivity contribution in [2.75, 3.05) is 6.67 Å². The molecule has 16 heavy (non-hydrogen) atoms. The van der Waals surface area contributed by atoms with Crippen molar-refractivity contribution in [3.05, 3.63) is 64.8 Å². The molecule has 0 saturated carbocycles. The van der Waals surface area contributed by atoms with Gasteiger partial charge in [0.25, 0.3) is 0 Å². The molecule has 1 aliphatic rings. The highest BCUT2D eigenvalue weighted by molar-refractivity contribution is 5.69. The van der Waals surface area contributed by atoms with E-state index in [-0.39, 0.29) is 0 Å². The number of rotatable bonds is 3. The molecule has 1 aromatic rings. The molecular weight excluding hydrogens is 199 g/mol. The molecule has 0 fully saturated rings. The maximum Gasteiger partial charge on any atom is 0.108 e. The number of hydrogen-bond acceptors (Lipinski definition) is 0. The van der Waals surface area contributed by atoms with Crippen molar-refractivity contribution in [2.24, 2.45) is 0 Å². The van der Waals surface area contributed by atoms with Gasteiger partial charge in [0.2, 0.25) is 0 Å². The van der Waals surface area contributed by atoms with Crippen LogP contribution in [-0.2, 0) is 6.42 Å². The maximum absolute atomic E-state index is 12.4. The Kier molecular flexibility index (Phi) is 3.35. The summed E-state index contributed by atoms with van der Waals surface area (Å²) in [6, 6.07) is 8.31. The summed E-state index contributed by atoms with van der Waals surface area (Å²) < 4.78 is 12.4. The second kappa shape index (κ2) is 4.93. The van der Waals surface area contributed by atoms with Crippen LogP contribution in [0.2, 0.25) is 0 Å². The van der Waals surface area contributed by atoms with E-state index < -0.39 is 6.67 Å². The monoisotopic (exact) mass is 214 g/mol. The summed E-state index contributed by atoms with van der Waals surface area (Å²) >= 11 is 0. The van der Waals surface area contributed by atoms with Crippen molar-refractivity contribution in [3.63, 3.8) is 0 Å². The van der Waals surface area contributed by atoms with Gasteiger partial charge in [-0.25, -0.2) is 4.39 Å². The smallest absolute Gasteiger partial charge is 0.108 e. The summed E-state index contributed by atoms with van der Waals surface area (Å²) in [5.74, 6) is 0. The Bertz CT molecular complexity index is 464. The van der Waals surface area contributed by atoms with Gasteiger partial charge >= 0.3 is 0 Å². The fourth-order valence-electron chi connectivity index (χ4n) is 2.03.